The van der Waals surface area contributed by atoms with Crippen molar-refractivity contribution in [2.24, 2.45) is 0 Å². The Labute approximate surface area is 146 Å². The minimum absolute atomic E-state index is 0.255. The molecular weight excluding hydrogens is 300 g/mol. The first-order chi connectivity index (χ1) is 11.7. The summed E-state index contributed by atoms with van der Waals surface area (Å²) in [5.74, 6) is 0.867. The van der Waals surface area contributed by atoms with Gasteiger partial charge >= 0.3 is 0 Å². The van der Waals surface area contributed by atoms with Crippen LogP contribution in [-0.2, 0) is 4.74 Å². The molecule has 24 heavy (non-hydrogen) atoms. The fourth-order valence-corrected chi connectivity index (χ4v) is 2.87. The number of fused-ring (bicyclic) bond motifs is 1. The Kier molecular flexibility index (Phi) is 8.55. The minimum atomic E-state index is 0.255. The van der Waals surface area contributed by atoms with Gasteiger partial charge in [0.1, 0.15) is 5.75 Å². The summed E-state index contributed by atoms with van der Waals surface area (Å²) in [6.45, 7) is 14.1. The zero-order chi connectivity index (χ0) is 18.1. The lowest BCUT2D eigenvalue weighted by atomic mass is 10.1. The fourth-order valence-electron chi connectivity index (χ4n) is 2.87. The van der Waals surface area contributed by atoms with Crippen LogP contribution in [-0.4, -0.2) is 37.4 Å². The van der Waals surface area contributed by atoms with Gasteiger partial charge in [-0.3, -0.25) is 4.98 Å². The molecular formula is C20H32N2O2. The van der Waals surface area contributed by atoms with E-state index < -0.39 is 0 Å². The molecule has 0 bridgehead atoms. The number of hydrogen-bond acceptors (Lipinski definition) is 4. The Morgan fingerprint density at radius 3 is 2.25 bits per heavy atom. The number of hydrogen-bond donors (Lipinski definition) is 0. The molecule has 0 spiro atoms. The van der Waals surface area contributed by atoms with Crippen molar-refractivity contribution in [3.05, 3.63) is 30.5 Å². The molecule has 1 aromatic heterocycles. The third-order valence-corrected chi connectivity index (χ3v) is 3.69. The Balaban J connectivity index is 0.000000671. The summed E-state index contributed by atoms with van der Waals surface area (Å²) in [4.78, 5) is 6.75. The minimum Gasteiger partial charge on any atom is -0.496 e. The molecule has 4 heteroatoms. The van der Waals surface area contributed by atoms with Crippen LogP contribution in [0.25, 0.3) is 10.9 Å². The molecule has 2 heterocycles. The summed E-state index contributed by atoms with van der Waals surface area (Å²) in [5.41, 5.74) is 2.16. The summed E-state index contributed by atoms with van der Waals surface area (Å²) in [6.07, 6.45) is 2.29. The van der Waals surface area contributed by atoms with E-state index in [0.29, 0.717) is 0 Å². The molecule has 4 nitrogen and oxygen atoms in total. The molecule has 0 amide bonds. The van der Waals surface area contributed by atoms with E-state index in [9.17, 15) is 0 Å². The number of morpholine rings is 1. The Morgan fingerprint density at radius 2 is 1.67 bits per heavy atom. The van der Waals surface area contributed by atoms with E-state index in [0.717, 1.165) is 29.7 Å². The van der Waals surface area contributed by atoms with Crippen molar-refractivity contribution in [3.63, 3.8) is 0 Å². The van der Waals surface area contributed by atoms with Gasteiger partial charge < -0.3 is 14.4 Å². The highest BCUT2D eigenvalue weighted by molar-refractivity contribution is 5.88. The highest BCUT2D eigenvalue weighted by Gasteiger charge is 2.22. The van der Waals surface area contributed by atoms with Gasteiger partial charge in [0.05, 0.1) is 24.8 Å². The van der Waals surface area contributed by atoms with E-state index in [1.165, 1.54) is 5.69 Å². The lowest BCUT2D eigenvalue weighted by Gasteiger charge is -2.37. The molecule has 134 valence electrons. The van der Waals surface area contributed by atoms with Crippen LogP contribution in [0, 0.1) is 0 Å². The Morgan fingerprint density at radius 1 is 1.04 bits per heavy atom. The lowest BCUT2D eigenvalue weighted by Crippen LogP contribution is -2.45. The number of benzene rings is 1. The molecule has 2 unspecified atom stereocenters. The highest BCUT2D eigenvalue weighted by atomic mass is 16.5. The number of anilines is 1. The Bertz CT molecular complexity index is 606. The van der Waals surface area contributed by atoms with Gasteiger partial charge in [-0.1, -0.05) is 27.7 Å². The van der Waals surface area contributed by atoms with Crippen LogP contribution >= 0.6 is 0 Å². The second-order valence-corrected chi connectivity index (χ2v) is 5.38. The van der Waals surface area contributed by atoms with Crippen molar-refractivity contribution in [2.45, 2.75) is 53.8 Å². The standard InChI is InChI=1S/C16H20N2O2.2C2H6/c1-11-9-18(10-12(2)20-11)13-4-5-15-14(8-13)16(19-3)6-7-17-15;2*1-2/h4-8,11-12H,9-10H2,1-3H3;2*1-2H3. The summed E-state index contributed by atoms with van der Waals surface area (Å²) >= 11 is 0. The van der Waals surface area contributed by atoms with Crippen LogP contribution in [0.4, 0.5) is 5.69 Å². The van der Waals surface area contributed by atoms with Crippen molar-refractivity contribution in [1.82, 2.24) is 4.98 Å². The first-order valence-corrected chi connectivity index (χ1v) is 9.00. The van der Waals surface area contributed by atoms with Crippen molar-refractivity contribution < 1.29 is 9.47 Å². The number of nitrogens with zero attached hydrogens (tertiary/aromatic N) is 2. The largest absolute Gasteiger partial charge is 0.496 e. The van der Waals surface area contributed by atoms with Crippen LogP contribution in [0.1, 0.15) is 41.5 Å². The summed E-state index contributed by atoms with van der Waals surface area (Å²) in [6, 6.07) is 8.24. The van der Waals surface area contributed by atoms with Gasteiger partial charge in [-0.2, -0.15) is 0 Å². The molecule has 2 aromatic rings. The smallest absolute Gasteiger partial charge is 0.129 e. The Hall–Kier alpha value is -1.81. The van der Waals surface area contributed by atoms with E-state index in [1.54, 1.807) is 13.3 Å². The molecule has 0 saturated carbocycles. The normalized spacial score (nSPS) is 19.7. The highest BCUT2D eigenvalue weighted by Crippen LogP contribution is 2.29. The molecule has 0 radical (unpaired) electrons. The number of methoxy groups -OCH3 is 1. The molecule has 0 aliphatic carbocycles. The van der Waals surface area contributed by atoms with Gasteiger partial charge in [-0.25, -0.2) is 0 Å². The van der Waals surface area contributed by atoms with E-state index in [1.807, 2.05) is 33.8 Å². The maximum Gasteiger partial charge on any atom is 0.129 e. The molecule has 0 N–H and O–H groups in total. The number of aromatic nitrogens is 1. The van der Waals surface area contributed by atoms with Gasteiger partial charge in [0.2, 0.25) is 0 Å². The quantitative estimate of drug-likeness (QED) is 0.782. The summed E-state index contributed by atoms with van der Waals surface area (Å²) in [7, 11) is 1.69. The van der Waals surface area contributed by atoms with E-state index in [2.05, 4.69) is 41.9 Å². The molecule has 3 rings (SSSR count). The predicted molar refractivity (Wildman–Crippen MR) is 103 cm³/mol. The van der Waals surface area contributed by atoms with Gasteiger partial charge in [0.15, 0.2) is 0 Å². The van der Waals surface area contributed by atoms with Gasteiger partial charge in [0.25, 0.3) is 0 Å². The zero-order valence-electron chi connectivity index (χ0n) is 16.2. The maximum atomic E-state index is 5.79. The first kappa shape index (κ1) is 20.2. The van der Waals surface area contributed by atoms with Crippen LogP contribution in [0.5, 0.6) is 5.75 Å². The van der Waals surface area contributed by atoms with Gasteiger partial charge in [0, 0.05) is 30.4 Å². The number of ether oxygens (including phenoxy) is 2. The summed E-state index contributed by atoms with van der Waals surface area (Å²) in [5, 5.41) is 1.05. The van der Waals surface area contributed by atoms with Crippen LogP contribution in [0.3, 0.4) is 0 Å². The number of pyridine rings is 1. The molecule has 2 atom stereocenters. The first-order valence-electron chi connectivity index (χ1n) is 9.00. The zero-order valence-corrected chi connectivity index (χ0v) is 16.2. The number of rotatable bonds is 2. The van der Waals surface area contributed by atoms with Crippen LogP contribution in [0.2, 0.25) is 0 Å². The van der Waals surface area contributed by atoms with E-state index >= 15 is 0 Å². The predicted octanol–water partition coefficient (Wildman–Crippen LogP) is 4.91. The lowest BCUT2D eigenvalue weighted by molar-refractivity contribution is -0.00520. The van der Waals surface area contributed by atoms with E-state index in [-0.39, 0.29) is 12.2 Å². The van der Waals surface area contributed by atoms with Crippen molar-refractivity contribution >= 4 is 16.6 Å². The average Bonchev–Trinajstić information content (AvgIpc) is 2.63. The molecule has 1 fully saturated rings. The monoisotopic (exact) mass is 332 g/mol. The average molecular weight is 332 g/mol. The third kappa shape index (κ3) is 4.84. The maximum absolute atomic E-state index is 5.79. The van der Waals surface area contributed by atoms with Crippen molar-refractivity contribution in [2.75, 3.05) is 25.1 Å². The molecule has 1 aliphatic rings. The van der Waals surface area contributed by atoms with Crippen LogP contribution < -0.4 is 9.64 Å². The SMILES string of the molecule is CC.CC.COc1ccnc2ccc(N3CC(C)OC(C)C3)cc12. The molecule has 1 aliphatic heterocycles. The summed E-state index contributed by atoms with van der Waals surface area (Å²) < 4.78 is 11.2. The van der Waals surface area contributed by atoms with Crippen LogP contribution in [0.15, 0.2) is 30.5 Å². The van der Waals surface area contributed by atoms with Crippen molar-refractivity contribution in [1.29, 1.82) is 0 Å². The van der Waals surface area contributed by atoms with Crippen molar-refractivity contribution in [3.8, 4) is 5.75 Å². The van der Waals surface area contributed by atoms with Gasteiger partial charge in [-0.05, 0) is 38.1 Å². The van der Waals surface area contributed by atoms with E-state index in [4.69, 9.17) is 9.47 Å². The van der Waals surface area contributed by atoms with Gasteiger partial charge in [-0.15, -0.1) is 0 Å². The molecule has 1 saturated heterocycles. The second-order valence-electron chi connectivity index (χ2n) is 5.38. The third-order valence-electron chi connectivity index (χ3n) is 3.69. The topological polar surface area (TPSA) is 34.6 Å². The fraction of sp³-hybridized carbons (Fsp3) is 0.550. The molecule has 1 aromatic carbocycles. The second kappa shape index (κ2) is 10.1.